The number of hydrogen-bond donors (Lipinski definition) is 1. The van der Waals surface area contributed by atoms with Gasteiger partial charge >= 0.3 is 0 Å². The highest BCUT2D eigenvalue weighted by atomic mass is 32.2. The molecule has 0 unspecified atom stereocenters. The SMILES string of the molecule is CSCCCO.CSCCCOS(=O)(=O)c1ccc(C)cc1.Cc1ccc(S(=O)(=O)OCCCS(C)(=O)=O)cc1. The molecule has 230 valence electrons. The van der Waals surface area contributed by atoms with Crippen LogP contribution in [-0.2, 0) is 38.4 Å². The van der Waals surface area contributed by atoms with Gasteiger partial charge in [0, 0.05) is 12.9 Å². The number of aliphatic hydroxyl groups is 1. The zero-order valence-electron chi connectivity index (χ0n) is 23.7. The van der Waals surface area contributed by atoms with Crippen molar-refractivity contribution < 1.29 is 38.7 Å². The summed E-state index contributed by atoms with van der Waals surface area (Å²) in [5.41, 5.74) is 1.98. The van der Waals surface area contributed by atoms with Crippen LogP contribution < -0.4 is 0 Å². The Morgan fingerprint density at radius 1 is 0.650 bits per heavy atom. The van der Waals surface area contributed by atoms with Crippen molar-refractivity contribution in [1.29, 1.82) is 0 Å². The molecule has 1 N–H and O–H groups in total. The third kappa shape index (κ3) is 19.1. The van der Waals surface area contributed by atoms with Crippen LogP contribution in [0.25, 0.3) is 0 Å². The van der Waals surface area contributed by atoms with Crippen LogP contribution in [0.5, 0.6) is 0 Å². The van der Waals surface area contributed by atoms with Crippen LogP contribution in [0, 0.1) is 13.8 Å². The highest BCUT2D eigenvalue weighted by molar-refractivity contribution is 7.98. The third-order valence-electron chi connectivity index (χ3n) is 4.76. The summed E-state index contributed by atoms with van der Waals surface area (Å²) in [6.07, 6.45) is 6.95. The van der Waals surface area contributed by atoms with Crippen LogP contribution in [0.4, 0.5) is 0 Å². The van der Waals surface area contributed by atoms with E-state index in [-0.39, 0.29) is 35.2 Å². The Balaban J connectivity index is 0.000000636. The minimum atomic E-state index is -3.79. The molecule has 2 aromatic rings. The minimum absolute atomic E-state index is 0.0763. The standard InChI is InChI=1S/C11H16O5S2.C11H16O3S2.C4H10OS/c1-10-4-6-11(7-5-10)18(14,15)16-8-3-9-17(2,12)13;1-10-4-6-11(7-5-10)16(12,13)14-8-3-9-15-2;1-6-4-2-3-5/h4-7H,3,8-9H2,1-2H3;4-7H,3,8-9H2,1-2H3;5H,2-4H2,1H3. The molecule has 0 radical (unpaired) electrons. The first-order valence-electron chi connectivity index (χ1n) is 12.4. The van der Waals surface area contributed by atoms with E-state index >= 15 is 0 Å². The molecule has 0 atom stereocenters. The fraction of sp³-hybridized carbons (Fsp3) is 0.538. The molecule has 0 aliphatic rings. The second-order valence-corrected chi connectivity index (χ2v) is 16.0. The number of rotatable bonds is 15. The van der Waals surface area contributed by atoms with Gasteiger partial charge in [-0.05, 0) is 81.4 Å². The molecule has 14 heteroatoms. The molecule has 0 saturated heterocycles. The van der Waals surface area contributed by atoms with E-state index in [1.54, 1.807) is 59.9 Å². The normalized spacial score (nSPS) is 11.7. The molecule has 0 spiro atoms. The monoisotopic (exact) mass is 658 g/mol. The summed E-state index contributed by atoms with van der Waals surface area (Å²) >= 11 is 3.44. The van der Waals surface area contributed by atoms with Crippen LogP contribution in [0.15, 0.2) is 58.3 Å². The number of benzene rings is 2. The maximum Gasteiger partial charge on any atom is 0.296 e. The van der Waals surface area contributed by atoms with Gasteiger partial charge in [-0.1, -0.05) is 35.4 Å². The average Bonchev–Trinajstić information content (AvgIpc) is 2.89. The Morgan fingerprint density at radius 3 is 1.35 bits per heavy atom. The van der Waals surface area contributed by atoms with Crippen molar-refractivity contribution in [3.8, 4) is 0 Å². The summed E-state index contributed by atoms with van der Waals surface area (Å²) in [6, 6.07) is 12.9. The number of hydrogen-bond acceptors (Lipinski definition) is 11. The van der Waals surface area contributed by atoms with Crippen molar-refractivity contribution in [3.63, 3.8) is 0 Å². The summed E-state index contributed by atoms with van der Waals surface area (Å²) in [6.45, 7) is 4.21. The molecule has 2 rings (SSSR count). The summed E-state index contributed by atoms with van der Waals surface area (Å²) in [7, 11) is -10.4. The molecule has 0 heterocycles. The van der Waals surface area contributed by atoms with Gasteiger partial charge in [0.15, 0.2) is 0 Å². The second kappa shape index (κ2) is 20.7. The van der Waals surface area contributed by atoms with Crippen molar-refractivity contribution in [2.45, 2.75) is 42.9 Å². The maximum atomic E-state index is 11.7. The van der Waals surface area contributed by atoms with E-state index in [9.17, 15) is 25.3 Å². The Labute approximate surface area is 249 Å². The number of aryl methyl sites for hydroxylation is 2. The van der Waals surface area contributed by atoms with Gasteiger partial charge < -0.3 is 5.11 Å². The molecule has 0 bridgehead atoms. The van der Waals surface area contributed by atoms with E-state index < -0.39 is 30.1 Å². The Bertz CT molecular complexity index is 1250. The zero-order valence-corrected chi connectivity index (χ0v) is 27.8. The molecule has 9 nitrogen and oxygen atoms in total. The second-order valence-electron chi connectivity index (χ2n) is 8.58. The van der Waals surface area contributed by atoms with Gasteiger partial charge in [0.05, 0.1) is 28.8 Å². The molecule has 0 aliphatic carbocycles. The Kier molecular flexibility index (Phi) is 20.1. The Hall–Kier alpha value is -1.13. The van der Waals surface area contributed by atoms with Gasteiger partial charge in [-0.25, -0.2) is 8.42 Å². The van der Waals surface area contributed by atoms with E-state index in [0.29, 0.717) is 6.61 Å². The molecule has 0 aromatic heterocycles. The number of sulfone groups is 1. The number of aliphatic hydroxyl groups excluding tert-OH is 1. The highest BCUT2D eigenvalue weighted by Gasteiger charge is 2.15. The molecular weight excluding hydrogens is 617 g/mol. The largest absolute Gasteiger partial charge is 0.396 e. The fourth-order valence-corrected chi connectivity index (χ4v) is 5.97. The summed E-state index contributed by atoms with van der Waals surface area (Å²) in [5.74, 6) is 1.90. The van der Waals surface area contributed by atoms with Crippen molar-refractivity contribution in [3.05, 3.63) is 59.7 Å². The van der Waals surface area contributed by atoms with Gasteiger partial charge in [-0.15, -0.1) is 0 Å². The first-order valence-corrected chi connectivity index (χ1v) is 20.0. The molecule has 40 heavy (non-hydrogen) atoms. The summed E-state index contributed by atoms with van der Waals surface area (Å²) in [4.78, 5) is 0.301. The predicted octanol–water partition coefficient (Wildman–Crippen LogP) is 4.32. The van der Waals surface area contributed by atoms with Crippen molar-refractivity contribution >= 4 is 53.6 Å². The van der Waals surface area contributed by atoms with Crippen LogP contribution in [0.3, 0.4) is 0 Å². The van der Waals surface area contributed by atoms with E-state index in [1.807, 2.05) is 26.4 Å². The topological polar surface area (TPSA) is 141 Å². The first kappa shape index (κ1) is 38.9. The molecule has 0 fully saturated rings. The van der Waals surface area contributed by atoms with Crippen LogP contribution in [0.1, 0.15) is 30.4 Å². The smallest absolute Gasteiger partial charge is 0.296 e. The lowest BCUT2D eigenvalue weighted by Gasteiger charge is -2.05. The average molecular weight is 659 g/mol. The molecular formula is C26H42O9S5. The lowest BCUT2D eigenvalue weighted by molar-refractivity contribution is 0.296. The summed E-state index contributed by atoms with van der Waals surface area (Å²) in [5, 5.41) is 8.18. The first-order chi connectivity index (χ1) is 18.7. The highest BCUT2D eigenvalue weighted by Crippen LogP contribution is 2.14. The lowest BCUT2D eigenvalue weighted by atomic mass is 10.2. The van der Waals surface area contributed by atoms with Crippen LogP contribution in [-0.4, -0.2) is 86.2 Å². The zero-order chi connectivity index (χ0) is 30.7. The fourth-order valence-electron chi connectivity index (χ4n) is 2.62. The lowest BCUT2D eigenvalue weighted by Crippen LogP contribution is -2.11. The van der Waals surface area contributed by atoms with Crippen LogP contribution in [0.2, 0.25) is 0 Å². The molecule has 0 amide bonds. The predicted molar refractivity (Wildman–Crippen MR) is 166 cm³/mol. The van der Waals surface area contributed by atoms with E-state index in [2.05, 4.69) is 0 Å². The van der Waals surface area contributed by atoms with Crippen LogP contribution >= 0.6 is 23.5 Å². The maximum absolute atomic E-state index is 11.7. The summed E-state index contributed by atoms with van der Waals surface area (Å²) < 4.78 is 78.1. The van der Waals surface area contributed by atoms with E-state index in [4.69, 9.17) is 13.5 Å². The van der Waals surface area contributed by atoms with Crippen molar-refractivity contribution in [1.82, 2.24) is 0 Å². The third-order valence-corrected chi connectivity index (χ3v) is 9.83. The molecule has 2 aromatic carbocycles. The van der Waals surface area contributed by atoms with Gasteiger partial charge in [-0.3, -0.25) is 8.37 Å². The molecule has 0 aliphatic heterocycles. The van der Waals surface area contributed by atoms with Crippen molar-refractivity contribution in [2.75, 3.05) is 55.8 Å². The van der Waals surface area contributed by atoms with E-state index in [1.165, 1.54) is 12.1 Å². The van der Waals surface area contributed by atoms with Gasteiger partial charge in [0.2, 0.25) is 0 Å². The van der Waals surface area contributed by atoms with Gasteiger partial charge in [-0.2, -0.15) is 40.4 Å². The van der Waals surface area contributed by atoms with Gasteiger partial charge in [0.1, 0.15) is 9.84 Å². The van der Waals surface area contributed by atoms with Crippen molar-refractivity contribution in [2.24, 2.45) is 0 Å². The quantitative estimate of drug-likeness (QED) is 0.216. The van der Waals surface area contributed by atoms with E-state index in [0.717, 1.165) is 41.7 Å². The minimum Gasteiger partial charge on any atom is -0.396 e. The molecule has 0 saturated carbocycles. The Morgan fingerprint density at radius 2 is 1.02 bits per heavy atom. The number of thioether (sulfide) groups is 2. The van der Waals surface area contributed by atoms with Gasteiger partial charge in [0.25, 0.3) is 20.2 Å².